The molecule has 104 valence electrons. The van der Waals surface area contributed by atoms with Crippen LogP contribution in [-0.2, 0) is 6.42 Å². The molecule has 0 unspecified atom stereocenters. The van der Waals surface area contributed by atoms with Crippen molar-refractivity contribution in [3.8, 4) is 5.69 Å². The zero-order chi connectivity index (χ0) is 14.7. The molecule has 0 saturated carbocycles. The number of aromatic nitrogens is 2. The van der Waals surface area contributed by atoms with Gasteiger partial charge in [0.2, 0.25) is 0 Å². The van der Waals surface area contributed by atoms with Gasteiger partial charge >= 0.3 is 0 Å². The molecular formula is C13H12ClN3O3. The molecule has 1 aromatic carbocycles. The minimum atomic E-state index is -0.478. The van der Waals surface area contributed by atoms with E-state index in [1.54, 1.807) is 12.1 Å². The summed E-state index contributed by atoms with van der Waals surface area (Å²) in [5.41, 5.74) is 1.56. The Bertz CT molecular complexity index is 650. The third kappa shape index (κ3) is 2.55. The van der Waals surface area contributed by atoms with E-state index in [2.05, 4.69) is 5.10 Å². The van der Waals surface area contributed by atoms with Gasteiger partial charge in [0, 0.05) is 12.1 Å². The highest BCUT2D eigenvalue weighted by atomic mass is 35.5. The van der Waals surface area contributed by atoms with E-state index in [0.717, 1.165) is 6.42 Å². The van der Waals surface area contributed by atoms with Crippen molar-refractivity contribution in [1.82, 2.24) is 9.78 Å². The van der Waals surface area contributed by atoms with Gasteiger partial charge in [-0.2, -0.15) is 5.10 Å². The number of nitro groups is 1. The number of aldehydes is 1. The number of halogens is 1. The van der Waals surface area contributed by atoms with Crippen LogP contribution in [0.1, 0.15) is 29.4 Å². The fraction of sp³-hybridized carbons (Fsp3) is 0.231. The zero-order valence-corrected chi connectivity index (χ0v) is 11.5. The van der Waals surface area contributed by atoms with Gasteiger partial charge in [0.05, 0.1) is 21.9 Å². The number of benzene rings is 1. The maximum Gasteiger partial charge on any atom is 0.269 e. The van der Waals surface area contributed by atoms with Crippen LogP contribution in [0, 0.1) is 10.1 Å². The molecule has 0 atom stereocenters. The highest BCUT2D eigenvalue weighted by molar-refractivity contribution is 6.32. The number of carbonyl (C=O) groups excluding carboxylic acids is 1. The lowest BCUT2D eigenvalue weighted by atomic mass is 10.2. The largest absolute Gasteiger partial charge is 0.298 e. The Morgan fingerprint density at radius 1 is 1.40 bits per heavy atom. The van der Waals surface area contributed by atoms with E-state index in [9.17, 15) is 14.9 Å². The zero-order valence-electron chi connectivity index (χ0n) is 10.7. The van der Waals surface area contributed by atoms with Crippen LogP contribution in [-0.4, -0.2) is 21.0 Å². The summed E-state index contributed by atoms with van der Waals surface area (Å²) in [6.07, 6.45) is 2.17. The van der Waals surface area contributed by atoms with E-state index in [0.29, 0.717) is 29.7 Å². The highest BCUT2D eigenvalue weighted by Gasteiger charge is 2.16. The van der Waals surface area contributed by atoms with Crippen LogP contribution in [0.25, 0.3) is 5.69 Å². The van der Waals surface area contributed by atoms with Crippen molar-refractivity contribution < 1.29 is 9.72 Å². The Morgan fingerprint density at radius 2 is 2.05 bits per heavy atom. The molecule has 0 aliphatic rings. The van der Waals surface area contributed by atoms with Crippen LogP contribution < -0.4 is 0 Å². The summed E-state index contributed by atoms with van der Waals surface area (Å²) in [6.45, 7) is 1.98. The molecule has 6 nitrogen and oxygen atoms in total. The molecule has 0 N–H and O–H groups in total. The molecule has 20 heavy (non-hydrogen) atoms. The van der Waals surface area contributed by atoms with Crippen LogP contribution in [0.5, 0.6) is 0 Å². The number of rotatable bonds is 5. The normalized spacial score (nSPS) is 10.5. The molecule has 0 spiro atoms. The minimum Gasteiger partial charge on any atom is -0.298 e. The maximum absolute atomic E-state index is 11.1. The van der Waals surface area contributed by atoms with Crippen LogP contribution in [0.4, 0.5) is 5.69 Å². The molecule has 0 aliphatic carbocycles. The van der Waals surface area contributed by atoms with Crippen molar-refractivity contribution in [1.29, 1.82) is 0 Å². The predicted molar refractivity (Wildman–Crippen MR) is 74.6 cm³/mol. The monoisotopic (exact) mass is 293 g/mol. The molecule has 2 aromatic rings. The van der Waals surface area contributed by atoms with Crippen LogP contribution in [0.15, 0.2) is 24.3 Å². The molecule has 0 amide bonds. The first-order valence-electron chi connectivity index (χ1n) is 6.05. The van der Waals surface area contributed by atoms with Gasteiger partial charge in [-0.3, -0.25) is 14.9 Å². The summed E-state index contributed by atoms with van der Waals surface area (Å²) in [7, 11) is 0. The van der Waals surface area contributed by atoms with E-state index >= 15 is 0 Å². The first-order chi connectivity index (χ1) is 9.58. The van der Waals surface area contributed by atoms with Crippen molar-refractivity contribution in [2.75, 3.05) is 0 Å². The molecule has 7 heteroatoms. The van der Waals surface area contributed by atoms with Crippen molar-refractivity contribution >= 4 is 23.6 Å². The van der Waals surface area contributed by atoms with Gasteiger partial charge in [0.15, 0.2) is 6.29 Å². The van der Waals surface area contributed by atoms with E-state index in [4.69, 9.17) is 11.6 Å². The van der Waals surface area contributed by atoms with E-state index < -0.39 is 4.92 Å². The Balaban J connectivity index is 2.46. The number of non-ortho nitro benzene ring substituents is 1. The fourth-order valence-corrected chi connectivity index (χ4v) is 2.17. The van der Waals surface area contributed by atoms with Gasteiger partial charge in [0.25, 0.3) is 5.69 Å². The lowest BCUT2D eigenvalue weighted by molar-refractivity contribution is -0.384. The van der Waals surface area contributed by atoms with Crippen molar-refractivity contribution in [2.45, 2.75) is 19.8 Å². The van der Waals surface area contributed by atoms with Gasteiger partial charge in [-0.1, -0.05) is 24.9 Å². The molecule has 0 bridgehead atoms. The summed E-state index contributed by atoms with van der Waals surface area (Å²) in [5, 5.41) is 15.1. The summed E-state index contributed by atoms with van der Waals surface area (Å²) >= 11 is 6.14. The molecular weight excluding hydrogens is 282 g/mol. The average molecular weight is 294 g/mol. The molecule has 0 radical (unpaired) electrons. The average Bonchev–Trinajstić information content (AvgIpc) is 2.75. The second-order valence-corrected chi connectivity index (χ2v) is 4.56. The number of hydrogen-bond acceptors (Lipinski definition) is 4. The molecule has 0 saturated heterocycles. The van der Waals surface area contributed by atoms with Gasteiger partial charge in [-0.15, -0.1) is 0 Å². The SMILES string of the molecule is CCCc1nn(-c2ccc([N+](=O)[O-])cc2)c(Cl)c1C=O. The summed E-state index contributed by atoms with van der Waals surface area (Å²) in [5.74, 6) is 0. The third-order valence-corrected chi connectivity index (χ3v) is 3.21. The number of aryl methyl sites for hydroxylation is 1. The van der Waals surface area contributed by atoms with Crippen molar-refractivity contribution in [3.63, 3.8) is 0 Å². The molecule has 0 fully saturated rings. The van der Waals surface area contributed by atoms with Crippen LogP contribution >= 0.6 is 11.6 Å². The lowest BCUT2D eigenvalue weighted by Crippen LogP contribution is -1.98. The van der Waals surface area contributed by atoms with Crippen molar-refractivity contribution in [3.05, 3.63) is 50.8 Å². The molecule has 2 rings (SSSR count). The maximum atomic E-state index is 11.1. The summed E-state index contributed by atoms with van der Waals surface area (Å²) < 4.78 is 1.42. The first kappa shape index (κ1) is 14.2. The van der Waals surface area contributed by atoms with Gasteiger partial charge in [0.1, 0.15) is 5.15 Å². The number of nitrogens with zero attached hydrogens (tertiary/aromatic N) is 3. The Labute approximate surface area is 120 Å². The minimum absolute atomic E-state index is 0.0126. The summed E-state index contributed by atoms with van der Waals surface area (Å²) in [6, 6.07) is 5.82. The standard InChI is InChI=1S/C13H12ClN3O3/c1-2-3-12-11(8-18)13(14)16(15-12)9-4-6-10(7-5-9)17(19)20/h4-8H,2-3H2,1H3. The van der Waals surface area contributed by atoms with Crippen LogP contribution in [0.2, 0.25) is 5.15 Å². The van der Waals surface area contributed by atoms with Crippen LogP contribution in [0.3, 0.4) is 0 Å². The lowest BCUT2D eigenvalue weighted by Gasteiger charge is -2.02. The van der Waals surface area contributed by atoms with Gasteiger partial charge in [-0.25, -0.2) is 4.68 Å². The van der Waals surface area contributed by atoms with E-state index in [-0.39, 0.29) is 10.8 Å². The van der Waals surface area contributed by atoms with Crippen molar-refractivity contribution in [2.24, 2.45) is 0 Å². The molecule has 1 aromatic heterocycles. The second kappa shape index (κ2) is 5.83. The predicted octanol–water partition coefficient (Wildman–Crippen LogP) is 3.20. The van der Waals surface area contributed by atoms with Gasteiger partial charge in [-0.05, 0) is 18.6 Å². The second-order valence-electron chi connectivity index (χ2n) is 4.20. The molecule has 1 heterocycles. The number of hydrogen-bond donors (Lipinski definition) is 0. The smallest absolute Gasteiger partial charge is 0.269 e. The Hall–Kier alpha value is -2.21. The van der Waals surface area contributed by atoms with Gasteiger partial charge < -0.3 is 0 Å². The fourth-order valence-electron chi connectivity index (χ4n) is 1.88. The highest BCUT2D eigenvalue weighted by Crippen LogP contribution is 2.24. The molecule has 0 aliphatic heterocycles. The Kier molecular flexibility index (Phi) is 4.14. The third-order valence-electron chi connectivity index (χ3n) is 2.85. The van der Waals surface area contributed by atoms with E-state index in [1.807, 2.05) is 6.92 Å². The first-order valence-corrected chi connectivity index (χ1v) is 6.43. The van der Waals surface area contributed by atoms with E-state index in [1.165, 1.54) is 16.8 Å². The topological polar surface area (TPSA) is 78.0 Å². The Morgan fingerprint density at radius 3 is 2.55 bits per heavy atom. The number of nitro benzene ring substituents is 1. The summed E-state index contributed by atoms with van der Waals surface area (Å²) in [4.78, 5) is 21.2. The number of carbonyl (C=O) groups is 1. The quantitative estimate of drug-likeness (QED) is 0.482.